The lowest BCUT2D eigenvalue weighted by molar-refractivity contribution is 0.238. The van der Waals surface area contributed by atoms with Gasteiger partial charge in [0.15, 0.2) is 5.96 Å². The van der Waals surface area contributed by atoms with Crippen molar-refractivity contribution in [2.24, 2.45) is 0 Å². The highest BCUT2D eigenvalue weighted by Gasteiger charge is 2.32. The maximum Gasteiger partial charge on any atom is 0.198 e. The minimum Gasteiger partial charge on any atom is -0.333 e. The number of rotatable bonds is 1. The van der Waals surface area contributed by atoms with Crippen LogP contribution in [0.25, 0.3) is 0 Å². The van der Waals surface area contributed by atoms with Gasteiger partial charge in [0.25, 0.3) is 0 Å². The summed E-state index contributed by atoms with van der Waals surface area (Å²) in [6.07, 6.45) is 0.991. The van der Waals surface area contributed by atoms with Crippen molar-refractivity contribution in [2.45, 2.75) is 53.1 Å². The molecule has 3 aromatic rings. The van der Waals surface area contributed by atoms with E-state index >= 15 is 0 Å². The third-order valence-electron chi connectivity index (χ3n) is 6.05. The Bertz CT molecular complexity index is 1030. The molecule has 31 heavy (non-hydrogen) atoms. The van der Waals surface area contributed by atoms with Crippen LogP contribution in [0, 0.1) is 26.2 Å². The fraction of sp³-hybridized carbons (Fsp3) is 0.321. The average Bonchev–Trinajstić information content (AvgIpc) is 2.74. The fourth-order valence-electron chi connectivity index (χ4n) is 4.33. The molecule has 1 heterocycles. The second-order valence-corrected chi connectivity index (χ2v) is 8.71. The lowest BCUT2D eigenvalue weighted by atomic mass is 9.88. The highest BCUT2D eigenvalue weighted by Crippen LogP contribution is 2.34. The molecule has 4 rings (SSSR count). The molecule has 0 amide bonds. The number of fused-ring (bicyclic) bond motifs is 1. The largest absolute Gasteiger partial charge is 0.333 e. The van der Waals surface area contributed by atoms with Crippen molar-refractivity contribution < 1.29 is 0 Å². The molecule has 0 spiro atoms. The zero-order chi connectivity index (χ0) is 22.5. The number of nitrogens with zero attached hydrogens (tertiary/aromatic N) is 2. The van der Waals surface area contributed by atoms with E-state index in [2.05, 4.69) is 94.1 Å². The number of nitrogens with one attached hydrogen (secondary N) is 1. The summed E-state index contributed by atoms with van der Waals surface area (Å²) in [7, 11) is 1.99. The van der Waals surface area contributed by atoms with Crippen LogP contribution in [-0.2, 0) is 6.42 Å². The summed E-state index contributed by atoms with van der Waals surface area (Å²) in [6.45, 7) is 10.8. The van der Waals surface area contributed by atoms with Crippen LogP contribution in [0.3, 0.4) is 0 Å². The summed E-state index contributed by atoms with van der Waals surface area (Å²) in [5.74, 6) is 0.562. The Labute approximate surface area is 187 Å². The van der Waals surface area contributed by atoms with Gasteiger partial charge in [0.2, 0.25) is 0 Å². The molecule has 0 aromatic heterocycles. The Morgan fingerprint density at radius 3 is 2.10 bits per heavy atom. The maximum absolute atomic E-state index is 8.79. The molecule has 2 atom stereocenters. The highest BCUT2D eigenvalue weighted by molar-refractivity contribution is 5.94. The van der Waals surface area contributed by atoms with Crippen molar-refractivity contribution in [1.29, 1.82) is 5.41 Å². The van der Waals surface area contributed by atoms with Crippen LogP contribution in [0.4, 0.5) is 5.69 Å². The van der Waals surface area contributed by atoms with Crippen molar-refractivity contribution in [3.8, 4) is 0 Å². The number of hydrogen-bond acceptors (Lipinski definition) is 1. The lowest BCUT2D eigenvalue weighted by Crippen LogP contribution is -2.50. The normalized spacial score (nSPS) is 17.3. The van der Waals surface area contributed by atoms with Crippen LogP contribution < -0.4 is 4.90 Å². The zero-order valence-electron chi connectivity index (χ0n) is 19.7. The van der Waals surface area contributed by atoms with Crippen molar-refractivity contribution in [1.82, 2.24) is 4.90 Å². The van der Waals surface area contributed by atoms with Crippen LogP contribution in [0.15, 0.2) is 72.8 Å². The molecule has 0 saturated heterocycles. The molecule has 0 radical (unpaired) electrons. The predicted molar refractivity (Wildman–Crippen MR) is 133 cm³/mol. The molecular formula is C28H35N3. The van der Waals surface area contributed by atoms with E-state index in [0.29, 0.717) is 12.0 Å². The SMILES string of the molecule is Cc1cccc(N(C)C(=N)N2C(C)Cc3cc(C)ccc3C2C)c1.Cc1ccccc1. The molecule has 3 aromatic carbocycles. The van der Waals surface area contributed by atoms with E-state index in [0.717, 1.165) is 12.1 Å². The van der Waals surface area contributed by atoms with Crippen molar-refractivity contribution >= 4 is 11.6 Å². The van der Waals surface area contributed by atoms with Crippen LogP contribution in [-0.4, -0.2) is 23.9 Å². The molecule has 3 nitrogen and oxygen atoms in total. The second kappa shape index (κ2) is 9.82. The van der Waals surface area contributed by atoms with E-state index in [4.69, 9.17) is 5.41 Å². The zero-order valence-corrected chi connectivity index (χ0v) is 19.7. The molecule has 2 unspecified atom stereocenters. The Morgan fingerprint density at radius 1 is 0.839 bits per heavy atom. The van der Waals surface area contributed by atoms with E-state index in [1.54, 1.807) is 0 Å². The lowest BCUT2D eigenvalue weighted by Gasteiger charge is -2.44. The predicted octanol–water partition coefficient (Wildman–Crippen LogP) is 6.68. The molecule has 3 heteroatoms. The van der Waals surface area contributed by atoms with Crippen molar-refractivity contribution in [3.63, 3.8) is 0 Å². The first-order valence-corrected chi connectivity index (χ1v) is 11.1. The highest BCUT2D eigenvalue weighted by atomic mass is 15.4. The molecule has 1 aliphatic heterocycles. The Balaban J connectivity index is 0.000000330. The van der Waals surface area contributed by atoms with E-state index in [1.807, 2.05) is 30.1 Å². The number of benzene rings is 3. The summed E-state index contributed by atoms with van der Waals surface area (Å²) in [6, 6.07) is 25.8. The maximum atomic E-state index is 8.79. The molecule has 162 valence electrons. The van der Waals surface area contributed by atoms with Gasteiger partial charge in [0, 0.05) is 18.8 Å². The summed E-state index contributed by atoms with van der Waals surface area (Å²) in [5.41, 5.74) is 7.69. The molecule has 0 aliphatic carbocycles. The first kappa shape index (κ1) is 22.6. The van der Waals surface area contributed by atoms with Gasteiger partial charge in [-0.05, 0) is 69.9 Å². The minimum atomic E-state index is 0.212. The number of aryl methyl sites for hydroxylation is 3. The summed E-state index contributed by atoms with van der Waals surface area (Å²) < 4.78 is 0. The number of hydrogen-bond donors (Lipinski definition) is 1. The summed E-state index contributed by atoms with van der Waals surface area (Å²) in [4.78, 5) is 4.22. The summed E-state index contributed by atoms with van der Waals surface area (Å²) >= 11 is 0. The monoisotopic (exact) mass is 413 g/mol. The standard InChI is InChI=1S/C21H27N3.C7H8/c1-14-7-6-8-19(12-14)23(5)21(22)24-16(3)13-18-11-15(2)9-10-20(18)17(24)4;1-7-5-3-2-4-6-7/h6-12,16-17,22H,13H2,1-5H3;2-6H,1H3. The van der Waals surface area contributed by atoms with E-state index < -0.39 is 0 Å². The van der Waals surface area contributed by atoms with Crippen LogP contribution in [0.2, 0.25) is 0 Å². The smallest absolute Gasteiger partial charge is 0.198 e. The van der Waals surface area contributed by atoms with Crippen molar-refractivity contribution in [2.75, 3.05) is 11.9 Å². The van der Waals surface area contributed by atoms with Gasteiger partial charge in [-0.1, -0.05) is 71.8 Å². The van der Waals surface area contributed by atoms with Gasteiger partial charge in [-0.25, -0.2) is 0 Å². The molecule has 1 aliphatic rings. The van der Waals surface area contributed by atoms with Gasteiger partial charge in [0.05, 0.1) is 6.04 Å². The van der Waals surface area contributed by atoms with Gasteiger partial charge in [0.1, 0.15) is 0 Å². The quantitative estimate of drug-likeness (QED) is 0.356. The Kier molecular flexibility index (Phi) is 7.17. The molecule has 1 N–H and O–H groups in total. The number of anilines is 1. The van der Waals surface area contributed by atoms with Crippen molar-refractivity contribution in [3.05, 3.63) is 101 Å². The topological polar surface area (TPSA) is 30.3 Å². The van der Waals surface area contributed by atoms with Gasteiger partial charge in [-0.2, -0.15) is 0 Å². The average molecular weight is 414 g/mol. The van der Waals surface area contributed by atoms with Gasteiger partial charge < -0.3 is 9.80 Å². The first-order chi connectivity index (χ1) is 14.8. The Morgan fingerprint density at radius 2 is 1.48 bits per heavy atom. The number of guanidine groups is 1. The van der Waals surface area contributed by atoms with Gasteiger partial charge in [-0.15, -0.1) is 0 Å². The van der Waals surface area contributed by atoms with E-state index in [1.165, 1.54) is 27.8 Å². The third kappa shape index (κ3) is 5.35. The van der Waals surface area contributed by atoms with Gasteiger partial charge in [-0.3, -0.25) is 5.41 Å². The van der Waals surface area contributed by atoms with Crippen LogP contribution in [0.5, 0.6) is 0 Å². The fourth-order valence-corrected chi connectivity index (χ4v) is 4.33. The second-order valence-electron chi connectivity index (χ2n) is 8.71. The molecule has 0 bridgehead atoms. The van der Waals surface area contributed by atoms with Crippen LogP contribution >= 0.6 is 0 Å². The molecule has 0 saturated carbocycles. The molecular weight excluding hydrogens is 378 g/mol. The first-order valence-electron chi connectivity index (χ1n) is 11.1. The summed E-state index contributed by atoms with van der Waals surface area (Å²) in [5, 5.41) is 8.79. The minimum absolute atomic E-state index is 0.212. The third-order valence-corrected chi connectivity index (χ3v) is 6.05. The van der Waals surface area contributed by atoms with Crippen LogP contribution in [0.1, 0.15) is 47.7 Å². The van der Waals surface area contributed by atoms with E-state index in [-0.39, 0.29) is 6.04 Å². The van der Waals surface area contributed by atoms with Gasteiger partial charge >= 0.3 is 0 Å². The molecule has 0 fully saturated rings. The van der Waals surface area contributed by atoms with E-state index in [9.17, 15) is 0 Å². The Hall–Kier alpha value is -3.07.